The van der Waals surface area contributed by atoms with Crippen molar-refractivity contribution in [1.29, 1.82) is 0 Å². The Morgan fingerprint density at radius 2 is 1.88 bits per heavy atom. The summed E-state index contributed by atoms with van der Waals surface area (Å²) < 4.78 is 1.04. The van der Waals surface area contributed by atoms with Crippen LogP contribution in [0.5, 0.6) is 0 Å². The Morgan fingerprint density at radius 1 is 1.19 bits per heavy atom. The predicted molar refractivity (Wildman–Crippen MR) is 104 cm³/mol. The lowest BCUT2D eigenvalue weighted by atomic mass is 10.1. The maximum Gasteiger partial charge on any atom is 0.274 e. The van der Waals surface area contributed by atoms with E-state index in [1.807, 2.05) is 37.4 Å². The van der Waals surface area contributed by atoms with Gasteiger partial charge in [-0.3, -0.25) is 9.59 Å². The van der Waals surface area contributed by atoms with E-state index in [1.54, 1.807) is 18.2 Å². The number of carbonyl (C=O) groups excluding carboxylic acids is 1. The van der Waals surface area contributed by atoms with E-state index in [0.717, 1.165) is 15.5 Å². The van der Waals surface area contributed by atoms with E-state index < -0.39 is 5.91 Å². The number of aromatic amines is 1. The molecule has 0 saturated heterocycles. The summed E-state index contributed by atoms with van der Waals surface area (Å²) in [6, 6.07) is 15.1. The zero-order valence-corrected chi connectivity index (χ0v) is 15.4. The number of H-pyrrole nitrogens is 1. The summed E-state index contributed by atoms with van der Waals surface area (Å²) in [6.45, 7) is 2.28. The Balaban J connectivity index is 1.80. The van der Waals surface area contributed by atoms with Gasteiger partial charge in [-0.15, -0.1) is 0 Å². The van der Waals surface area contributed by atoms with Gasteiger partial charge in [0.15, 0.2) is 0 Å². The molecular weight excluding hydrogens is 350 g/mol. The molecule has 1 unspecified atom stereocenters. The van der Waals surface area contributed by atoms with Gasteiger partial charge in [-0.05, 0) is 37.2 Å². The number of hydrogen-bond acceptors (Lipinski definition) is 3. The number of halogens is 1. The van der Waals surface area contributed by atoms with E-state index in [1.165, 1.54) is 6.20 Å². The first-order valence-corrected chi connectivity index (χ1v) is 8.69. The fourth-order valence-electron chi connectivity index (χ4n) is 2.77. The van der Waals surface area contributed by atoms with Crippen LogP contribution in [0, 0.1) is 0 Å². The largest absolute Gasteiger partial charge is 0.360 e. The van der Waals surface area contributed by atoms with E-state index in [2.05, 4.69) is 17.2 Å². The third-order valence-electron chi connectivity index (χ3n) is 4.47. The smallest absolute Gasteiger partial charge is 0.274 e. The van der Waals surface area contributed by atoms with Crippen molar-refractivity contribution >= 4 is 28.6 Å². The fourth-order valence-corrected chi connectivity index (χ4v) is 3.00. The second kappa shape index (κ2) is 7.72. The van der Waals surface area contributed by atoms with Gasteiger partial charge in [-0.25, -0.2) is 4.42 Å². The summed E-state index contributed by atoms with van der Waals surface area (Å²) in [5.74, 6) is -0.522. The third kappa shape index (κ3) is 3.64. The van der Waals surface area contributed by atoms with Crippen molar-refractivity contribution < 1.29 is 4.79 Å². The molecule has 1 amide bonds. The summed E-state index contributed by atoms with van der Waals surface area (Å²) in [5.41, 5.74) is 2.42. The van der Waals surface area contributed by atoms with Crippen LogP contribution in [0.3, 0.4) is 0 Å². The van der Waals surface area contributed by atoms with Gasteiger partial charge in [-0.1, -0.05) is 36.4 Å². The summed E-state index contributed by atoms with van der Waals surface area (Å²) in [5, 5.41) is 3.64. The number of carbonyl (C=O) groups is 1. The molecule has 0 radical (unpaired) electrons. The first kappa shape index (κ1) is 18.2. The quantitative estimate of drug-likeness (QED) is 0.675. The molecule has 0 aliphatic rings. The van der Waals surface area contributed by atoms with Gasteiger partial charge in [0.1, 0.15) is 5.56 Å². The minimum atomic E-state index is -0.522. The SMILES string of the molecule is CNC(C)c1ccc(CN(Cl)C(=O)c2c[nH]c3ccccc3c2=O)cc1. The number of hydrogen-bond donors (Lipinski definition) is 2. The molecule has 0 aliphatic carbocycles. The lowest BCUT2D eigenvalue weighted by Gasteiger charge is -2.15. The fraction of sp³-hybridized carbons (Fsp3) is 0.200. The van der Waals surface area contributed by atoms with Gasteiger partial charge in [0.2, 0.25) is 5.43 Å². The summed E-state index contributed by atoms with van der Waals surface area (Å²) in [7, 11) is 1.90. The summed E-state index contributed by atoms with van der Waals surface area (Å²) in [6.07, 6.45) is 1.42. The van der Waals surface area contributed by atoms with Crippen LogP contribution >= 0.6 is 11.8 Å². The first-order chi connectivity index (χ1) is 12.5. The van der Waals surface area contributed by atoms with E-state index in [0.29, 0.717) is 10.9 Å². The zero-order chi connectivity index (χ0) is 18.7. The number of nitrogens with zero attached hydrogens (tertiary/aromatic N) is 1. The van der Waals surface area contributed by atoms with Gasteiger partial charge in [0.05, 0.1) is 6.54 Å². The lowest BCUT2D eigenvalue weighted by Crippen LogP contribution is -2.27. The third-order valence-corrected chi connectivity index (χ3v) is 4.75. The number of rotatable bonds is 5. The Morgan fingerprint density at radius 3 is 2.58 bits per heavy atom. The molecule has 0 aliphatic heterocycles. The maximum absolute atomic E-state index is 12.6. The van der Waals surface area contributed by atoms with E-state index in [4.69, 9.17) is 11.8 Å². The van der Waals surface area contributed by atoms with Crippen molar-refractivity contribution in [3.05, 3.63) is 81.6 Å². The van der Waals surface area contributed by atoms with Crippen LogP contribution < -0.4 is 10.7 Å². The number of nitrogens with one attached hydrogen (secondary N) is 2. The number of amides is 1. The average molecular weight is 370 g/mol. The standard InChI is InChI=1S/C20H20ClN3O2/c1-13(22-2)15-9-7-14(8-10-15)12-24(21)20(26)17-11-23-18-6-4-3-5-16(18)19(17)25/h3-11,13,22H,12H2,1-2H3,(H,23,25). The van der Waals surface area contributed by atoms with Crippen LogP contribution in [-0.2, 0) is 6.54 Å². The Kier molecular flexibility index (Phi) is 5.40. The maximum atomic E-state index is 12.6. The summed E-state index contributed by atoms with van der Waals surface area (Å²) >= 11 is 6.17. The van der Waals surface area contributed by atoms with Crippen molar-refractivity contribution in [3.8, 4) is 0 Å². The van der Waals surface area contributed by atoms with Gasteiger partial charge >= 0.3 is 0 Å². The molecule has 2 N–H and O–H groups in total. The van der Waals surface area contributed by atoms with Crippen LogP contribution in [0.25, 0.3) is 10.9 Å². The molecule has 3 aromatic rings. The van der Waals surface area contributed by atoms with Crippen molar-refractivity contribution in [1.82, 2.24) is 14.7 Å². The minimum Gasteiger partial charge on any atom is -0.360 e. The Labute approximate surface area is 156 Å². The van der Waals surface area contributed by atoms with Gasteiger partial charge < -0.3 is 10.3 Å². The van der Waals surface area contributed by atoms with Crippen LogP contribution in [0.1, 0.15) is 34.5 Å². The molecule has 1 heterocycles. The second-order valence-corrected chi connectivity index (χ2v) is 6.56. The highest BCUT2D eigenvalue weighted by Crippen LogP contribution is 2.16. The number of para-hydroxylation sites is 1. The highest BCUT2D eigenvalue weighted by Gasteiger charge is 2.19. The highest BCUT2D eigenvalue weighted by atomic mass is 35.5. The molecule has 0 bridgehead atoms. The van der Waals surface area contributed by atoms with Crippen LogP contribution in [-0.4, -0.2) is 22.4 Å². The molecule has 1 aromatic heterocycles. The van der Waals surface area contributed by atoms with Crippen LogP contribution in [0.15, 0.2) is 59.5 Å². The molecule has 5 nitrogen and oxygen atoms in total. The van der Waals surface area contributed by atoms with Crippen LogP contribution in [0.4, 0.5) is 0 Å². The predicted octanol–water partition coefficient (Wildman–Crippen LogP) is 3.60. The molecule has 1 atom stereocenters. The Bertz CT molecular complexity index is 982. The lowest BCUT2D eigenvalue weighted by molar-refractivity contribution is 0.0856. The van der Waals surface area contributed by atoms with Gasteiger partial charge in [0.25, 0.3) is 5.91 Å². The number of benzene rings is 2. The summed E-state index contributed by atoms with van der Waals surface area (Å²) in [4.78, 5) is 28.1. The molecule has 26 heavy (non-hydrogen) atoms. The zero-order valence-electron chi connectivity index (χ0n) is 14.6. The van der Waals surface area contributed by atoms with Crippen LogP contribution in [0.2, 0.25) is 0 Å². The van der Waals surface area contributed by atoms with Gasteiger partial charge in [-0.2, -0.15) is 0 Å². The normalized spacial score (nSPS) is 12.1. The van der Waals surface area contributed by atoms with E-state index in [9.17, 15) is 9.59 Å². The van der Waals surface area contributed by atoms with E-state index >= 15 is 0 Å². The monoisotopic (exact) mass is 369 g/mol. The molecule has 0 spiro atoms. The second-order valence-electron chi connectivity index (χ2n) is 6.15. The molecule has 6 heteroatoms. The highest BCUT2D eigenvalue weighted by molar-refractivity contribution is 6.24. The van der Waals surface area contributed by atoms with Gasteiger partial charge in [0, 0.05) is 34.9 Å². The minimum absolute atomic E-state index is 0.0270. The number of fused-ring (bicyclic) bond motifs is 1. The molecule has 2 aromatic carbocycles. The molecular formula is C20H20ClN3O2. The van der Waals surface area contributed by atoms with Crippen molar-refractivity contribution in [3.63, 3.8) is 0 Å². The van der Waals surface area contributed by atoms with E-state index in [-0.39, 0.29) is 23.6 Å². The number of pyridine rings is 1. The number of aromatic nitrogens is 1. The average Bonchev–Trinajstić information content (AvgIpc) is 2.68. The molecule has 134 valence electrons. The molecule has 0 saturated carbocycles. The van der Waals surface area contributed by atoms with Crippen molar-refractivity contribution in [2.45, 2.75) is 19.5 Å². The first-order valence-electron chi connectivity index (χ1n) is 8.35. The van der Waals surface area contributed by atoms with Crippen molar-refractivity contribution in [2.24, 2.45) is 0 Å². The van der Waals surface area contributed by atoms with Crippen molar-refractivity contribution in [2.75, 3.05) is 7.05 Å². The molecule has 3 rings (SSSR count). The topological polar surface area (TPSA) is 65.2 Å². The Hall–Kier alpha value is -2.63. The molecule has 0 fully saturated rings.